The van der Waals surface area contributed by atoms with E-state index < -0.39 is 0 Å². The van der Waals surface area contributed by atoms with Gasteiger partial charge in [0.15, 0.2) is 0 Å². The predicted octanol–water partition coefficient (Wildman–Crippen LogP) is 2.52. The number of benzene rings is 1. The van der Waals surface area contributed by atoms with Crippen molar-refractivity contribution in [3.05, 3.63) is 29.3 Å². The Labute approximate surface area is 89.7 Å². The minimum atomic E-state index is 0.535. The Morgan fingerprint density at radius 2 is 1.93 bits per heavy atom. The predicted molar refractivity (Wildman–Crippen MR) is 60.0 cm³/mol. The van der Waals surface area contributed by atoms with Gasteiger partial charge < -0.3 is 5.32 Å². The lowest BCUT2D eigenvalue weighted by Crippen LogP contribution is -2.31. The normalized spacial score (nSPS) is 18.1. The number of hydrogen-bond donors (Lipinski definition) is 1. The summed E-state index contributed by atoms with van der Waals surface area (Å²) in [5.41, 5.74) is 1.04. The molecule has 1 aromatic carbocycles. The van der Waals surface area contributed by atoms with E-state index in [0.717, 1.165) is 36.6 Å². The van der Waals surface area contributed by atoms with Crippen molar-refractivity contribution in [2.45, 2.75) is 18.9 Å². The van der Waals surface area contributed by atoms with Crippen LogP contribution in [0.5, 0.6) is 0 Å². The van der Waals surface area contributed by atoms with Crippen LogP contribution in [0.2, 0.25) is 5.02 Å². The van der Waals surface area contributed by atoms with E-state index >= 15 is 0 Å². The Morgan fingerprint density at radius 1 is 1.21 bits per heavy atom. The van der Waals surface area contributed by atoms with Crippen LogP contribution in [0.15, 0.2) is 24.3 Å². The molecule has 0 unspecified atom stereocenters. The van der Waals surface area contributed by atoms with Crippen molar-refractivity contribution in [3.8, 4) is 0 Å². The molecule has 2 rings (SSSR count). The van der Waals surface area contributed by atoms with Gasteiger partial charge in [-0.15, -0.1) is 0 Å². The molecule has 2 nitrogen and oxygen atoms in total. The largest absolute Gasteiger partial charge is 0.381 e. The quantitative estimate of drug-likeness (QED) is 0.796. The molecule has 0 spiro atoms. The molecule has 0 aliphatic carbocycles. The molecule has 1 heterocycles. The highest BCUT2D eigenvalue weighted by molar-refractivity contribution is 6.33. The second kappa shape index (κ2) is 4.67. The van der Waals surface area contributed by atoms with Gasteiger partial charge in [-0.1, -0.05) is 23.7 Å². The Kier molecular flexibility index (Phi) is 3.27. The topological polar surface area (TPSA) is 26.1 Å². The summed E-state index contributed by atoms with van der Waals surface area (Å²) < 4.78 is 0. The molecule has 1 aromatic rings. The summed E-state index contributed by atoms with van der Waals surface area (Å²) in [7, 11) is 0. The second-order valence-electron chi connectivity index (χ2n) is 3.57. The molecule has 1 N–H and O–H groups in total. The number of anilines is 1. The van der Waals surface area contributed by atoms with Crippen LogP contribution in [0.3, 0.4) is 0 Å². The van der Waals surface area contributed by atoms with Crippen molar-refractivity contribution in [3.63, 3.8) is 0 Å². The Hall–Kier alpha value is -0.730. The summed E-state index contributed by atoms with van der Waals surface area (Å²) in [4.78, 5) is 0. The van der Waals surface area contributed by atoms with E-state index in [1.54, 1.807) is 0 Å². The van der Waals surface area contributed by atoms with E-state index in [1.807, 2.05) is 24.3 Å². The highest BCUT2D eigenvalue weighted by Gasteiger charge is 2.13. The van der Waals surface area contributed by atoms with Crippen molar-refractivity contribution in [2.24, 2.45) is 0 Å². The first kappa shape index (κ1) is 9.81. The highest BCUT2D eigenvalue weighted by Crippen LogP contribution is 2.22. The first-order valence-electron chi connectivity index (χ1n) is 5.00. The third-order valence-corrected chi connectivity index (χ3v) is 2.83. The summed E-state index contributed by atoms with van der Waals surface area (Å²) >= 11 is 6.06. The fourth-order valence-electron chi connectivity index (χ4n) is 1.69. The summed E-state index contributed by atoms with van der Waals surface area (Å²) in [6, 6.07) is 8.42. The Bertz CT molecular complexity index is 295. The Balaban J connectivity index is 1.99. The summed E-state index contributed by atoms with van der Waals surface area (Å²) in [6.07, 6.45) is 2.23. The summed E-state index contributed by atoms with van der Waals surface area (Å²) in [5, 5.41) is 8.58. The maximum Gasteiger partial charge on any atom is 0.0637 e. The lowest BCUT2D eigenvalue weighted by atomic mass is 10.1. The Morgan fingerprint density at radius 3 is 2.64 bits per heavy atom. The summed E-state index contributed by atoms with van der Waals surface area (Å²) in [5.74, 6) is 0. The van der Waals surface area contributed by atoms with Crippen LogP contribution in [-0.4, -0.2) is 19.1 Å². The van der Waals surface area contributed by atoms with E-state index in [0.29, 0.717) is 6.04 Å². The van der Waals surface area contributed by atoms with E-state index in [1.165, 1.54) is 0 Å². The second-order valence-corrected chi connectivity index (χ2v) is 3.98. The molecule has 3 heteroatoms. The molecule has 0 atom stereocenters. The smallest absolute Gasteiger partial charge is 0.0637 e. The zero-order valence-corrected chi connectivity index (χ0v) is 8.80. The number of piperidine rings is 1. The van der Waals surface area contributed by atoms with Crippen LogP contribution in [0.4, 0.5) is 5.69 Å². The average molecular weight is 210 g/mol. The van der Waals surface area contributed by atoms with Crippen LogP contribution in [-0.2, 0) is 0 Å². The molecular formula is C11H14ClN2. The van der Waals surface area contributed by atoms with E-state index in [9.17, 15) is 0 Å². The lowest BCUT2D eigenvalue weighted by molar-refractivity contribution is 0.472. The minimum absolute atomic E-state index is 0.535. The molecule has 1 aliphatic rings. The van der Waals surface area contributed by atoms with Crippen molar-refractivity contribution < 1.29 is 0 Å². The number of nitrogens with zero attached hydrogens (tertiary/aromatic N) is 1. The van der Waals surface area contributed by atoms with Crippen molar-refractivity contribution >= 4 is 17.3 Å². The lowest BCUT2D eigenvalue weighted by Gasteiger charge is -2.24. The van der Waals surface area contributed by atoms with Gasteiger partial charge in [0.1, 0.15) is 0 Å². The third kappa shape index (κ3) is 2.40. The molecule has 75 valence electrons. The first-order valence-corrected chi connectivity index (χ1v) is 5.38. The van der Waals surface area contributed by atoms with Crippen LogP contribution in [0.1, 0.15) is 12.8 Å². The van der Waals surface area contributed by atoms with Crippen LogP contribution in [0, 0.1) is 0 Å². The monoisotopic (exact) mass is 209 g/mol. The van der Waals surface area contributed by atoms with Gasteiger partial charge in [0, 0.05) is 19.1 Å². The SMILES string of the molecule is Clc1ccccc1NC1CC[N]CC1. The number of hydrogen-bond acceptors (Lipinski definition) is 1. The van der Waals surface area contributed by atoms with E-state index in [-0.39, 0.29) is 0 Å². The minimum Gasteiger partial charge on any atom is -0.381 e. The zero-order valence-electron chi connectivity index (χ0n) is 8.04. The number of halogens is 1. The number of nitrogens with one attached hydrogen (secondary N) is 1. The van der Waals surface area contributed by atoms with Crippen LogP contribution in [0.25, 0.3) is 0 Å². The van der Waals surface area contributed by atoms with Crippen molar-refractivity contribution in [1.82, 2.24) is 5.32 Å². The molecule has 1 radical (unpaired) electrons. The average Bonchev–Trinajstić information content (AvgIpc) is 2.23. The van der Waals surface area contributed by atoms with Crippen molar-refractivity contribution in [1.29, 1.82) is 0 Å². The molecule has 1 aliphatic heterocycles. The fourth-order valence-corrected chi connectivity index (χ4v) is 1.88. The van der Waals surface area contributed by atoms with Crippen molar-refractivity contribution in [2.75, 3.05) is 18.4 Å². The first-order chi connectivity index (χ1) is 6.86. The molecule has 1 fully saturated rings. The zero-order chi connectivity index (χ0) is 9.80. The molecule has 14 heavy (non-hydrogen) atoms. The van der Waals surface area contributed by atoms with Crippen LogP contribution < -0.4 is 10.6 Å². The van der Waals surface area contributed by atoms with Gasteiger partial charge in [-0.25, -0.2) is 5.32 Å². The van der Waals surface area contributed by atoms with Gasteiger partial charge in [0.25, 0.3) is 0 Å². The van der Waals surface area contributed by atoms with Gasteiger partial charge >= 0.3 is 0 Å². The molecule has 0 aromatic heterocycles. The number of para-hydroxylation sites is 1. The van der Waals surface area contributed by atoms with Gasteiger partial charge in [0.2, 0.25) is 0 Å². The number of rotatable bonds is 2. The van der Waals surface area contributed by atoms with Crippen LogP contribution >= 0.6 is 11.6 Å². The van der Waals surface area contributed by atoms with Gasteiger partial charge in [-0.05, 0) is 25.0 Å². The van der Waals surface area contributed by atoms with Gasteiger partial charge in [-0.3, -0.25) is 0 Å². The summed E-state index contributed by atoms with van der Waals surface area (Å²) in [6.45, 7) is 1.95. The molecule has 0 bridgehead atoms. The van der Waals surface area contributed by atoms with Gasteiger partial charge in [-0.2, -0.15) is 0 Å². The molecule has 1 saturated heterocycles. The standard InChI is InChI=1S/C11H14ClN2/c12-10-3-1-2-4-11(10)14-9-5-7-13-8-6-9/h1-4,9,14H,5-8H2. The van der Waals surface area contributed by atoms with E-state index in [4.69, 9.17) is 11.6 Å². The third-order valence-electron chi connectivity index (χ3n) is 2.50. The maximum atomic E-state index is 6.06. The molecule has 0 amide bonds. The molecular weight excluding hydrogens is 196 g/mol. The van der Waals surface area contributed by atoms with Gasteiger partial charge in [0.05, 0.1) is 10.7 Å². The van der Waals surface area contributed by atoms with E-state index in [2.05, 4.69) is 10.6 Å². The highest BCUT2D eigenvalue weighted by atomic mass is 35.5. The molecule has 0 saturated carbocycles. The fraction of sp³-hybridized carbons (Fsp3) is 0.455. The maximum absolute atomic E-state index is 6.06.